The van der Waals surface area contributed by atoms with Crippen molar-refractivity contribution in [3.05, 3.63) is 146 Å². The zero-order valence-electron chi connectivity index (χ0n) is 70.3. The number of halogens is 20. The normalized spacial score (nSPS) is 12.0. The molecule has 0 aliphatic carbocycles. The van der Waals surface area contributed by atoms with E-state index in [1.807, 2.05) is 0 Å². The Morgan fingerprint density at radius 1 is 0.181 bits per heavy atom. The van der Waals surface area contributed by atoms with Crippen molar-refractivity contribution in [3.63, 3.8) is 0 Å². The van der Waals surface area contributed by atoms with Gasteiger partial charge in [0.15, 0.2) is 69.8 Å². The summed E-state index contributed by atoms with van der Waals surface area (Å²) in [7, 11) is 0. The summed E-state index contributed by atoms with van der Waals surface area (Å²) >= 11 is 0. The van der Waals surface area contributed by atoms with Crippen LogP contribution in [0.5, 0.6) is 0 Å². The molecule has 22 heteroatoms. The zero-order valence-corrected chi connectivity index (χ0v) is 70.3. The van der Waals surface area contributed by atoms with Gasteiger partial charge in [0.2, 0.25) is 0 Å². The Labute approximate surface area is 682 Å². The summed E-state index contributed by atoms with van der Waals surface area (Å²) in [5.74, 6) is -71.4. The molecule has 0 N–H and O–H groups in total. The van der Waals surface area contributed by atoms with Gasteiger partial charge in [-0.3, -0.25) is 4.48 Å². The van der Waals surface area contributed by atoms with E-state index in [4.69, 9.17) is 0 Å². The Morgan fingerprint density at radius 3 is 0.509 bits per heavy atom. The van der Waals surface area contributed by atoms with Crippen LogP contribution in [-0.2, 0) is 6.42 Å². The molecule has 0 amide bonds. The van der Waals surface area contributed by atoms with Gasteiger partial charge in [-0.2, -0.15) is 0 Å². The summed E-state index contributed by atoms with van der Waals surface area (Å²) in [4.78, 5) is 0. The Morgan fingerprint density at radius 2 is 0.328 bits per heavy atom. The molecule has 5 rings (SSSR count). The highest BCUT2D eigenvalue weighted by atomic mass is 19.2. The smallest absolute Gasteiger partial charge is 0.200 e. The van der Waals surface area contributed by atoms with Crippen molar-refractivity contribution >= 4 is 33.7 Å². The lowest BCUT2D eigenvalue weighted by Crippen LogP contribution is -2.81. The maximum atomic E-state index is 15.4. The van der Waals surface area contributed by atoms with Gasteiger partial charge in [0, 0.05) is 5.56 Å². The number of rotatable bonds is 65. The van der Waals surface area contributed by atoms with E-state index < -0.39 is 144 Å². The first kappa shape index (κ1) is 103. The van der Waals surface area contributed by atoms with E-state index in [-0.39, 0.29) is 0 Å². The monoisotopic (exact) mass is 1670 g/mol. The van der Waals surface area contributed by atoms with Gasteiger partial charge in [-0.15, -0.1) is 21.9 Å². The second kappa shape index (κ2) is 58.6. The summed E-state index contributed by atoms with van der Waals surface area (Å²) in [5, 5.41) is 0. The van der Waals surface area contributed by atoms with Crippen molar-refractivity contribution in [1.82, 2.24) is 4.48 Å². The molecule has 0 heterocycles. The quantitative estimate of drug-likeness (QED) is 0.00909. The average molecular weight is 1670 g/mol. The molecular weight excluding hydrogens is 1530 g/mol. The lowest BCUT2D eigenvalue weighted by Gasteiger charge is -2.44. The molecule has 0 saturated heterocycles. The topological polar surface area (TPSA) is 0 Å². The van der Waals surface area contributed by atoms with Gasteiger partial charge in [-0.25, -0.2) is 87.8 Å². The summed E-state index contributed by atoms with van der Waals surface area (Å²) < 4.78 is 295. The molecule has 0 aliphatic heterocycles. The number of quaternary nitrogens is 1. The average Bonchev–Trinajstić information content (AvgIpc) is 0.681. The van der Waals surface area contributed by atoms with Crippen molar-refractivity contribution in [2.24, 2.45) is 0 Å². The number of hydrogen-bond donors (Lipinski definition) is 0. The van der Waals surface area contributed by atoms with Gasteiger partial charge in [0.05, 0.1) is 19.6 Å². The molecule has 5 aromatic carbocycles. The maximum Gasteiger partial charge on any atom is 0.200 e. The summed E-state index contributed by atoms with van der Waals surface area (Å²) in [5.41, 5.74) is -10.9. The fraction of sp³-hybridized carbons (Fsp3) is 0.681. The SMILES string of the molecule is CCCCCCCCCCCCCCCCc1ccccc1[N+](CCCCCCCCCCCCCCCC)(CCCCCCCCCCCCCCCC)CCCCCCCCCCCCCCCC.Fc1c(F)c(F)c([B-](c2c(F)c(F)c(F)c(F)c2F)(c2c(F)c(F)c(F)c(F)c2F)c2c(F)c(F)c(F)c(F)c2F)c(F)c1F. The minimum absolute atomic E-state index is 1.30. The van der Waals surface area contributed by atoms with Crippen LogP contribution in [-0.4, -0.2) is 25.8 Å². The number of benzene rings is 5. The predicted octanol–water partition coefficient (Wildman–Crippen LogP) is 31.3. The number of aryl methyl sites for hydroxylation is 1. The van der Waals surface area contributed by atoms with E-state index >= 15 is 35.1 Å². The van der Waals surface area contributed by atoms with Gasteiger partial charge in [0.25, 0.3) is 0 Å². The molecule has 116 heavy (non-hydrogen) atoms. The second-order valence-corrected chi connectivity index (χ2v) is 32.9. The zero-order chi connectivity index (χ0) is 85.3. The summed E-state index contributed by atoms with van der Waals surface area (Å²) in [6, 6.07) is 10.0. The van der Waals surface area contributed by atoms with Crippen LogP contribution in [0.25, 0.3) is 0 Å². The van der Waals surface area contributed by atoms with Crippen LogP contribution in [0, 0.1) is 116 Å². The molecule has 0 atom stereocenters. The van der Waals surface area contributed by atoms with E-state index in [0.29, 0.717) is 0 Å². The van der Waals surface area contributed by atoms with Gasteiger partial charge >= 0.3 is 0 Å². The van der Waals surface area contributed by atoms with E-state index in [0.717, 1.165) is 0 Å². The first-order chi connectivity index (χ1) is 55.9. The molecule has 1 nitrogen and oxygen atoms in total. The van der Waals surface area contributed by atoms with Gasteiger partial charge in [-0.05, 0) is 57.4 Å². The Balaban J connectivity index is 0.000000536. The maximum absolute atomic E-state index is 15.4. The highest BCUT2D eigenvalue weighted by molar-refractivity contribution is 7.20. The number of nitrogens with zero attached hydrogens (tertiary/aromatic N) is 1. The third-order valence-electron chi connectivity index (χ3n) is 23.8. The minimum atomic E-state index is -7.22. The van der Waals surface area contributed by atoms with Crippen LogP contribution >= 0.6 is 0 Å². The molecule has 0 radical (unpaired) electrons. The molecule has 0 unspecified atom stereocenters. The molecule has 0 saturated carbocycles. The standard InChI is InChI=1S/C70H136N.C24BF20/c1-5-9-13-17-21-25-29-33-37-41-45-49-53-57-63-69-64-58-59-65-70(69)71(66-60-54-50-46-42-38-34-30-26-22-18-14-10-6-2,67-61-55-51-47-43-39-35-31-27-23-19-15-11-7-3)68-62-56-52-48-44-40-36-32-28-24-20-16-12-8-4;26-5-1(6(27)14(35)21(42)13(5)34)25(2-7(28)15(36)22(43)16(37)8(2)29,3-9(30)17(38)23(44)18(39)10(3)31)4-11(32)19(40)24(45)20(41)12(4)33/h58-59,64-65H,5-57,60-63,66-68H2,1-4H3;/q+1;-1. The largest absolute Gasteiger partial charge is 0.291 e. The summed E-state index contributed by atoms with van der Waals surface area (Å²) in [6.45, 7) is 13.5. The van der Waals surface area contributed by atoms with E-state index in [2.05, 4.69) is 52.0 Å². The van der Waals surface area contributed by atoms with Crippen LogP contribution in [0.15, 0.2) is 24.3 Å². The predicted molar refractivity (Wildman–Crippen MR) is 437 cm³/mol. The molecule has 0 bridgehead atoms. The van der Waals surface area contributed by atoms with Gasteiger partial charge in [-0.1, -0.05) is 361 Å². The van der Waals surface area contributed by atoms with Crippen molar-refractivity contribution in [2.75, 3.05) is 19.6 Å². The molecule has 0 spiro atoms. The first-order valence-electron chi connectivity index (χ1n) is 45.1. The molecule has 0 aliphatic rings. The first-order valence-corrected chi connectivity index (χ1v) is 45.1. The van der Waals surface area contributed by atoms with Gasteiger partial charge < -0.3 is 0 Å². The van der Waals surface area contributed by atoms with Crippen LogP contribution in [0.2, 0.25) is 0 Å². The molecule has 660 valence electrons. The fourth-order valence-electron chi connectivity index (χ4n) is 17.1. The Bertz CT molecular complexity index is 3090. The molecule has 0 aromatic heterocycles. The number of hydrogen-bond acceptors (Lipinski definition) is 0. The van der Waals surface area contributed by atoms with Crippen molar-refractivity contribution in [2.45, 2.75) is 394 Å². The van der Waals surface area contributed by atoms with Crippen molar-refractivity contribution < 1.29 is 87.8 Å². The molecule has 0 fully saturated rings. The summed E-state index contributed by atoms with van der Waals surface area (Å²) in [6.07, 6.45) is 75.4. The third kappa shape index (κ3) is 31.9. The molecule has 5 aromatic rings. The Kier molecular flexibility index (Phi) is 52.1. The van der Waals surface area contributed by atoms with Crippen LogP contribution < -0.4 is 26.3 Å². The van der Waals surface area contributed by atoms with Crippen LogP contribution in [0.1, 0.15) is 393 Å². The van der Waals surface area contributed by atoms with Crippen molar-refractivity contribution in [1.29, 1.82) is 0 Å². The van der Waals surface area contributed by atoms with Crippen LogP contribution in [0.4, 0.5) is 93.5 Å². The number of para-hydroxylation sites is 1. The van der Waals surface area contributed by atoms with E-state index in [1.54, 1.807) is 11.3 Å². The van der Waals surface area contributed by atoms with E-state index in [1.165, 1.54) is 390 Å². The van der Waals surface area contributed by atoms with Crippen LogP contribution in [0.3, 0.4) is 0 Å². The number of unbranched alkanes of at least 4 members (excludes halogenated alkanes) is 52. The van der Waals surface area contributed by atoms with Gasteiger partial charge in [0.1, 0.15) is 58.4 Å². The lowest BCUT2D eigenvalue weighted by atomic mass is 9.12. The lowest BCUT2D eigenvalue weighted by molar-refractivity contribution is 0.251. The van der Waals surface area contributed by atoms with E-state index in [9.17, 15) is 52.7 Å². The highest BCUT2D eigenvalue weighted by Gasteiger charge is 2.52. The van der Waals surface area contributed by atoms with Crippen molar-refractivity contribution in [3.8, 4) is 0 Å². The minimum Gasteiger partial charge on any atom is -0.291 e. The Hall–Kier alpha value is -5.28. The second-order valence-electron chi connectivity index (χ2n) is 32.9. The fourth-order valence-corrected chi connectivity index (χ4v) is 17.1. The highest BCUT2D eigenvalue weighted by Crippen LogP contribution is 2.35. The third-order valence-corrected chi connectivity index (χ3v) is 23.8. The molecular formula is C94H136BF20N.